The average Bonchev–Trinajstić information content (AvgIpc) is 2.39. The average molecular weight is 309 g/mol. The highest BCUT2D eigenvalue weighted by Gasteiger charge is 2.09. The Hall–Kier alpha value is -2.12. The van der Waals surface area contributed by atoms with E-state index < -0.39 is 10.0 Å². The summed E-state index contributed by atoms with van der Waals surface area (Å²) in [7, 11) is -3.79. The number of nitrogens with one attached hydrogen (secondary N) is 1. The molecule has 0 spiro atoms. The number of rotatable bonds is 5. The van der Waals surface area contributed by atoms with Crippen molar-refractivity contribution >= 4 is 21.4 Å². The Kier molecular flexibility index (Phi) is 4.44. The molecule has 0 aliphatic carbocycles. The molecule has 0 saturated carbocycles. The Morgan fingerprint density at radius 3 is 2.38 bits per heavy atom. The number of sulfonamides is 1. The Morgan fingerprint density at radius 2 is 1.76 bits per heavy atom. The van der Waals surface area contributed by atoms with Crippen molar-refractivity contribution in [3.63, 3.8) is 0 Å². The molecule has 0 aromatic heterocycles. The van der Waals surface area contributed by atoms with Gasteiger partial charge in [0, 0.05) is 17.9 Å². The summed E-state index contributed by atoms with van der Waals surface area (Å²) in [6.45, 7) is 0.555. The first-order chi connectivity index (χ1) is 9.84. The minimum Gasteiger partial charge on any atom is -0.399 e. The zero-order valence-electron chi connectivity index (χ0n) is 11.2. The van der Waals surface area contributed by atoms with Crippen molar-refractivity contribution < 1.29 is 12.8 Å². The molecule has 0 saturated heterocycles. The number of nitrogens with two attached hydrogens (primary N) is 2. The molecule has 0 heterocycles. The summed E-state index contributed by atoms with van der Waals surface area (Å²) in [6, 6.07) is 10.6. The molecule has 2 aromatic rings. The van der Waals surface area contributed by atoms with Gasteiger partial charge in [-0.25, -0.2) is 17.9 Å². The number of hydrogen-bond acceptors (Lipinski definition) is 4. The lowest BCUT2D eigenvalue weighted by molar-refractivity contribution is 0.598. The fourth-order valence-electron chi connectivity index (χ4n) is 1.89. The van der Waals surface area contributed by atoms with Crippen molar-refractivity contribution in [2.75, 3.05) is 17.6 Å². The van der Waals surface area contributed by atoms with Crippen molar-refractivity contribution in [3.05, 3.63) is 53.8 Å². The largest absolute Gasteiger partial charge is 0.399 e. The minimum absolute atomic E-state index is 0.0354. The zero-order chi connectivity index (χ0) is 15.5. The van der Waals surface area contributed by atoms with E-state index in [1.165, 1.54) is 24.3 Å². The molecule has 0 aliphatic rings. The van der Waals surface area contributed by atoms with Crippen molar-refractivity contribution in [1.82, 2.24) is 0 Å². The van der Waals surface area contributed by atoms with E-state index in [0.717, 1.165) is 5.56 Å². The van der Waals surface area contributed by atoms with E-state index in [-0.39, 0.29) is 10.7 Å². The third-order valence-corrected chi connectivity index (χ3v) is 3.81. The van der Waals surface area contributed by atoms with Crippen LogP contribution < -0.4 is 16.2 Å². The van der Waals surface area contributed by atoms with Gasteiger partial charge in [-0.2, -0.15) is 0 Å². The van der Waals surface area contributed by atoms with Crippen molar-refractivity contribution in [1.29, 1.82) is 0 Å². The van der Waals surface area contributed by atoms with Gasteiger partial charge in [0.15, 0.2) is 0 Å². The third kappa shape index (κ3) is 4.44. The lowest BCUT2D eigenvalue weighted by Gasteiger charge is -2.09. The van der Waals surface area contributed by atoms with Crippen molar-refractivity contribution in [2.45, 2.75) is 11.3 Å². The molecule has 5 N–H and O–H groups in total. The van der Waals surface area contributed by atoms with Gasteiger partial charge in [-0.05, 0) is 42.3 Å². The highest BCUT2D eigenvalue weighted by atomic mass is 32.2. The molecule has 0 aliphatic heterocycles. The van der Waals surface area contributed by atoms with Crippen LogP contribution in [0.3, 0.4) is 0 Å². The molecule has 2 rings (SSSR count). The Labute approximate surface area is 122 Å². The molecule has 112 valence electrons. The highest BCUT2D eigenvalue weighted by molar-refractivity contribution is 7.89. The fourth-order valence-corrected chi connectivity index (χ4v) is 2.48. The van der Waals surface area contributed by atoms with Crippen LogP contribution in [-0.2, 0) is 16.4 Å². The molecular weight excluding hydrogens is 293 g/mol. The zero-order valence-corrected chi connectivity index (χ0v) is 12.0. The van der Waals surface area contributed by atoms with Gasteiger partial charge in [0.05, 0.1) is 4.90 Å². The first-order valence-corrected chi connectivity index (χ1v) is 7.81. The van der Waals surface area contributed by atoms with Crippen LogP contribution in [0.4, 0.5) is 15.8 Å². The molecule has 0 bridgehead atoms. The van der Waals surface area contributed by atoms with Gasteiger partial charge in [-0.1, -0.05) is 12.1 Å². The summed E-state index contributed by atoms with van der Waals surface area (Å²) in [5, 5.41) is 8.15. The molecular formula is C14H16FN3O2S. The van der Waals surface area contributed by atoms with Crippen LogP contribution in [0.2, 0.25) is 0 Å². The Morgan fingerprint density at radius 1 is 1.10 bits per heavy atom. The maximum Gasteiger partial charge on any atom is 0.238 e. The van der Waals surface area contributed by atoms with Crippen LogP contribution in [0.25, 0.3) is 0 Å². The molecule has 2 aromatic carbocycles. The van der Waals surface area contributed by atoms with Crippen LogP contribution in [0, 0.1) is 5.82 Å². The number of nitrogen functional groups attached to an aromatic ring is 1. The summed E-state index contributed by atoms with van der Waals surface area (Å²) in [6.07, 6.45) is 0.666. The smallest absolute Gasteiger partial charge is 0.238 e. The van der Waals surface area contributed by atoms with Gasteiger partial charge < -0.3 is 11.1 Å². The molecule has 0 radical (unpaired) electrons. The summed E-state index contributed by atoms with van der Waals surface area (Å²) < 4.78 is 35.4. The molecule has 0 atom stereocenters. The third-order valence-electron chi connectivity index (χ3n) is 2.91. The van der Waals surface area contributed by atoms with Crippen molar-refractivity contribution in [2.24, 2.45) is 5.14 Å². The van der Waals surface area contributed by atoms with E-state index in [9.17, 15) is 12.8 Å². The first-order valence-electron chi connectivity index (χ1n) is 6.26. The second kappa shape index (κ2) is 6.11. The minimum atomic E-state index is -3.79. The quantitative estimate of drug-likeness (QED) is 0.732. The van der Waals surface area contributed by atoms with Crippen LogP contribution in [0.5, 0.6) is 0 Å². The van der Waals surface area contributed by atoms with E-state index in [2.05, 4.69) is 5.32 Å². The molecule has 7 heteroatoms. The SMILES string of the molecule is Nc1cc(NCCc2ccc(F)cc2)cc(S(N)(=O)=O)c1. The maximum atomic E-state index is 12.8. The Bertz CT molecular complexity index is 730. The van der Waals surface area contributed by atoms with E-state index >= 15 is 0 Å². The normalized spacial score (nSPS) is 11.3. The number of anilines is 2. The van der Waals surface area contributed by atoms with Gasteiger partial charge >= 0.3 is 0 Å². The van der Waals surface area contributed by atoms with Gasteiger partial charge in [0.2, 0.25) is 10.0 Å². The number of benzene rings is 2. The van der Waals surface area contributed by atoms with Gasteiger partial charge in [-0.15, -0.1) is 0 Å². The van der Waals surface area contributed by atoms with Gasteiger partial charge in [0.25, 0.3) is 0 Å². The van der Waals surface area contributed by atoms with Crippen LogP contribution >= 0.6 is 0 Å². The summed E-state index contributed by atoms with van der Waals surface area (Å²) in [5.41, 5.74) is 7.51. The second-order valence-electron chi connectivity index (χ2n) is 4.64. The topological polar surface area (TPSA) is 98.2 Å². The standard InChI is InChI=1S/C14H16FN3O2S/c15-11-3-1-10(2-4-11)5-6-18-13-7-12(16)8-14(9-13)21(17,19)20/h1-4,7-9,18H,5-6,16H2,(H2,17,19,20). The van der Waals surface area contributed by atoms with E-state index in [0.29, 0.717) is 24.3 Å². The number of halogens is 1. The Balaban J connectivity index is 2.03. The van der Waals surface area contributed by atoms with Crippen molar-refractivity contribution in [3.8, 4) is 0 Å². The van der Waals surface area contributed by atoms with E-state index in [1.54, 1.807) is 18.2 Å². The maximum absolute atomic E-state index is 12.8. The summed E-state index contributed by atoms with van der Waals surface area (Å²) >= 11 is 0. The number of primary sulfonamides is 1. The lowest BCUT2D eigenvalue weighted by atomic mass is 10.1. The number of hydrogen-bond donors (Lipinski definition) is 3. The van der Waals surface area contributed by atoms with E-state index in [1.807, 2.05) is 0 Å². The predicted molar refractivity (Wildman–Crippen MR) is 80.8 cm³/mol. The van der Waals surface area contributed by atoms with Crippen LogP contribution in [-0.4, -0.2) is 15.0 Å². The molecule has 21 heavy (non-hydrogen) atoms. The fraction of sp³-hybridized carbons (Fsp3) is 0.143. The van der Waals surface area contributed by atoms with Gasteiger partial charge in [-0.3, -0.25) is 0 Å². The molecule has 0 unspecified atom stereocenters. The molecule has 0 fully saturated rings. The second-order valence-corrected chi connectivity index (χ2v) is 6.20. The van der Waals surface area contributed by atoms with E-state index in [4.69, 9.17) is 10.9 Å². The predicted octanol–water partition coefficient (Wildman–Crippen LogP) is 1.71. The van der Waals surface area contributed by atoms with Crippen LogP contribution in [0.15, 0.2) is 47.4 Å². The molecule has 0 amide bonds. The first kappa shape index (κ1) is 15.3. The lowest BCUT2D eigenvalue weighted by Crippen LogP contribution is -2.13. The summed E-state index contributed by atoms with van der Waals surface area (Å²) in [5.74, 6) is -0.277. The molecule has 5 nitrogen and oxygen atoms in total. The highest BCUT2D eigenvalue weighted by Crippen LogP contribution is 2.19. The van der Waals surface area contributed by atoms with Crippen LogP contribution in [0.1, 0.15) is 5.56 Å². The van der Waals surface area contributed by atoms with Gasteiger partial charge in [0.1, 0.15) is 5.82 Å². The summed E-state index contributed by atoms with van der Waals surface area (Å²) in [4.78, 5) is -0.0354. The monoisotopic (exact) mass is 309 g/mol.